The van der Waals surface area contributed by atoms with E-state index in [2.05, 4.69) is 36.5 Å². The molecule has 0 fully saturated rings. The van der Waals surface area contributed by atoms with Crippen LogP contribution in [0.25, 0.3) is 0 Å². The molecule has 1 aromatic rings. The lowest BCUT2D eigenvalue weighted by atomic mass is 10.1. The van der Waals surface area contributed by atoms with Gasteiger partial charge in [-0.05, 0) is 24.5 Å². The molecule has 0 aliphatic carbocycles. The topological polar surface area (TPSA) is 47.6 Å². The van der Waals surface area contributed by atoms with Crippen LogP contribution in [0, 0.1) is 0 Å². The molecule has 1 aromatic carbocycles. The van der Waals surface area contributed by atoms with E-state index in [1.165, 1.54) is 5.56 Å². The molecule has 1 amide bonds. The van der Waals surface area contributed by atoms with Gasteiger partial charge < -0.3 is 14.8 Å². The number of amides is 1. The summed E-state index contributed by atoms with van der Waals surface area (Å²) in [7, 11) is 1.60. The molecule has 0 aliphatic rings. The van der Waals surface area contributed by atoms with E-state index in [0.29, 0.717) is 13.2 Å². The van der Waals surface area contributed by atoms with Crippen molar-refractivity contribution < 1.29 is 14.3 Å². The van der Waals surface area contributed by atoms with Crippen LogP contribution in [0.2, 0.25) is 0 Å². The fourth-order valence-electron chi connectivity index (χ4n) is 1.72. The highest BCUT2D eigenvalue weighted by atomic mass is 16.5. The van der Waals surface area contributed by atoms with Crippen LogP contribution in [0.5, 0.6) is 0 Å². The number of rotatable bonds is 8. The number of carbonyl (C=O) groups is 1. The minimum absolute atomic E-state index is 0.00979. The van der Waals surface area contributed by atoms with Gasteiger partial charge in [-0.15, -0.1) is 0 Å². The summed E-state index contributed by atoms with van der Waals surface area (Å²) in [6.45, 7) is 5.09. The van der Waals surface area contributed by atoms with Crippen molar-refractivity contribution in [2.75, 3.05) is 26.9 Å². The van der Waals surface area contributed by atoms with Gasteiger partial charge in [-0.3, -0.25) is 4.79 Å². The van der Waals surface area contributed by atoms with E-state index in [9.17, 15) is 4.79 Å². The maximum atomic E-state index is 11.6. The SMILES string of the molecule is CCc1ccc([C@@H](C)NC(=O)COCCOC)cc1. The molecule has 1 rings (SSSR count). The summed E-state index contributed by atoms with van der Waals surface area (Å²) in [4.78, 5) is 11.6. The molecule has 1 N–H and O–H groups in total. The highest BCUT2D eigenvalue weighted by Crippen LogP contribution is 2.13. The third-order valence-electron chi connectivity index (χ3n) is 2.93. The van der Waals surface area contributed by atoms with Crippen LogP contribution in [-0.2, 0) is 20.7 Å². The van der Waals surface area contributed by atoms with Crippen LogP contribution >= 0.6 is 0 Å². The van der Waals surface area contributed by atoms with E-state index in [1.54, 1.807) is 7.11 Å². The molecule has 0 unspecified atom stereocenters. The number of hydrogen-bond acceptors (Lipinski definition) is 3. The van der Waals surface area contributed by atoms with Crippen molar-refractivity contribution in [3.05, 3.63) is 35.4 Å². The van der Waals surface area contributed by atoms with E-state index in [0.717, 1.165) is 12.0 Å². The fourth-order valence-corrected chi connectivity index (χ4v) is 1.72. The van der Waals surface area contributed by atoms with Crippen molar-refractivity contribution in [2.45, 2.75) is 26.3 Å². The smallest absolute Gasteiger partial charge is 0.246 e. The molecule has 0 saturated heterocycles. The standard InChI is InChI=1S/C15H23NO3/c1-4-13-5-7-14(8-6-13)12(2)16-15(17)11-19-10-9-18-3/h5-8,12H,4,9-11H2,1-3H3,(H,16,17)/t12-/m1/s1. The van der Waals surface area contributed by atoms with Gasteiger partial charge in [0.2, 0.25) is 5.91 Å². The lowest BCUT2D eigenvalue weighted by molar-refractivity contribution is -0.126. The van der Waals surface area contributed by atoms with E-state index >= 15 is 0 Å². The highest BCUT2D eigenvalue weighted by Gasteiger charge is 2.09. The normalized spacial score (nSPS) is 12.2. The van der Waals surface area contributed by atoms with Gasteiger partial charge in [0.15, 0.2) is 0 Å². The second-order valence-corrected chi connectivity index (χ2v) is 4.43. The van der Waals surface area contributed by atoms with Crippen molar-refractivity contribution in [1.82, 2.24) is 5.32 Å². The Labute approximate surface area is 115 Å². The molecule has 0 heterocycles. The van der Waals surface area contributed by atoms with Gasteiger partial charge in [0.1, 0.15) is 6.61 Å². The first kappa shape index (κ1) is 15.7. The van der Waals surface area contributed by atoms with Gasteiger partial charge in [0.25, 0.3) is 0 Å². The predicted octanol–water partition coefficient (Wildman–Crippen LogP) is 2.09. The maximum Gasteiger partial charge on any atom is 0.246 e. The zero-order chi connectivity index (χ0) is 14.1. The Balaban J connectivity index is 2.36. The second-order valence-electron chi connectivity index (χ2n) is 4.43. The summed E-state index contributed by atoms with van der Waals surface area (Å²) in [5, 5.41) is 2.91. The number of carbonyl (C=O) groups excluding carboxylic acids is 1. The summed E-state index contributed by atoms with van der Waals surface area (Å²) in [6, 6.07) is 8.27. The highest BCUT2D eigenvalue weighted by molar-refractivity contribution is 5.77. The molecule has 0 spiro atoms. The molecular formula is C15H23NO3. The maximum absolute atomic E-state index is 11.6. The Hall–Kier alpha value is -1.39. The average molecular weight is 265 g/mol. The van der Waals surface area contributed by atoms with Crippen LogP contribution in [0.15, 0.2) is 24.3 Å². The molecule has 0 aromatic heterocycles. The molecule has 4 nitrogen and oxygen atoms in total. The van der Waals surface area contributed by atoms with Gasteiger partial charge >= 0.3 is 0 Å². The van der Waals surface area contributed by atoms with Crippen molar-refractivity contribution in [3.8, 4) is 0 Å². The molecule has 0 bridgehead atoms. The first-order chi connectivity index (χ1) is 9.17. The van der Waals surface area contributed by atoms with Gasteiger partial charge in [0.05, 0.1) is 19.3 Å². The monoisotopic (exact) mass is 265 g/mol. The van der Waals surface area contributed by atoms with Gasteiger partial charge in [-0.25, -0.2) is 0 Å². The zero-order valence-corrected chi connectivity index (χ0v) is 11.9. The lowest BCUT2D eigenvalue weighted by Crippen LogP contribution is -2.30. The summed E-state index contributed by atoms with van der Waals surface area (Å²) < 4.78 is 10.0. The molecule has 0 aliphatic heterocycles. The largest absolute Gasteiger partial charge is 0.382 e. The second kappa shape index (κ2) is 8.67. The zero-order valence-electron chi connectivity index (χ0n) is 11.9. The molecule has 106 valence electrons. The number of hydrogen-bond donors (Lipinski definition) is 1. The number of methoxy groups -OCH3 is 1. The molecule has 1 atom stereocenters. The molecule has 0 saturated carbocycles. The van der Waals surface area contributed by atoms with Crippen LogP contribution in [-0.4, -0.2) is 32.8 Å². The third kappa shape index (κ3) is 5.85. The van der Waals surface area contributed by atoms with Crippen molar-refractivity contribution in [1.29, 1.82) is 0 Å². The van der Waals surface area contributed by atoms with E-state index in [4.69, 9.17) is 9.47 Å². The van der Waals surface area contributed by atoms with Crippen molar-refractivity contribution >= 4 is 5.91 Å². The van der Waals surface area contributed by atoms with Crippen molar-refractivity contribution in [2.24, 2.45) is 0 Å². The van der Waals surface area contributed by atoms with Gasteiger partial charge in [-0.1, -0.05) is 31.2 Å². The van der Waals surface area contributed by atoms with Crippen LogP contribution in [0.1, 0.15) is 31.0 Å². The Kier molecular flexibility index (Phi) is 7.15. The fraction of sp³-hybridized carbons (Fsp3) is 0.533. The average Bonchev–Trinajstić information content (AvgIpc) is 2.43. The molecule has 4 heteroatoms. The Morgan fingerprint density at radius 2 is 1.95 bits per heavy atom. The number of nitrogens with one attached hydrogen (secondary N) is 1. The van der Waals surface area contributed by atoms with Crippen molar-refractivity contribution in [3.63, 3.8) is 0 Å². The molecule has 19 heavy (non-hydrogen) atoms. The lowest BCUT2D eigenvalue weighted by Gasteiger charge is -2.14. The molecule has 0 radical (unpaired) electrons. The summed E-state index contributed by atoms with van der Waals surface area (Å²) in [5.41, 5.74) is 2.40. The van der Waals surface area contributed by atoms with Gasteiger partial charge in [0, 0.05) is 7.11 Å². The van der Waals surface area contributed by atoms with Crippen LogP contribution in [0.4, 0.5) is 0 Å². The number of aryl methyl sites for hydroxylation is 1. The predicted molar refractivity (Wildman–Crippen MR) is 75.1 cm³/mol. The first-order valence-electron chi connectivity index (χ1n) is 6.62. The molecular weight excluding hydrogens is 242 g/mol. The quantitative estimate of drug-likeness (QED) is 0.732. The van der Waals surface area contributed by atoms with E-state index in [-0.39, 0.29) is 18.6 Å². The summed E-state index contributed by atoms with van der Waals surface area (Å²) in [6.07, 6.45) is 1.02. The first-order valence-corrected chi connectivity index (χ1v) is 6.62. The van der Waals surface area contributed by atoms with Gasteiger partial charge in [-0.2, -0.15) is 0 Å². The Morgan fingerprint density at radius 1 is 1.26 bits per heavy atom. The van der Waals surface area contributed by atoms with Crippen LogP contribution in [0.3, 0.4) is 0 Å². The van der Waals surface area contributed by atoms with E-state index < -0.39 is 0 Å². The summed E-state index contributed by atoms with van der Waals surface area (Å²) >= 11 is 0. The summed E-state index contributed by atoms with van der Waals surface area (Å²) in [5.74, 6) is -0.108. The van der Waals surface area contributed by atoms with Crippen LogP contribution < -0.4 is 5.32 Å². The third-order valence-corrected chi connectivity index (χ3v) is 2.93. The minimum atomic E-state index is -0.108. The number of ether oxygens (including phenoxy) is 2. The van der Waals surface area contributed by atoms with E-state index in [1.807, 2.05) is 6.92 Å². The Morgan fingerprint density at radius 3 is 2.53 bits per heavy atom. The Bertz CT molecular complexity index is 375. The minimum Gasteiger partial charge on any atom is -0.382 e. The number of benzene rings is 1.